The minimum Gasteiger partial charge on any atom is -0.481 e. The van der Waals surface area contributed by atoms with Crippen molar-refractivity contribution in [3.05, 3.63) is 24.3 Å². The Hall–Kier alpha value is -1.64. The van der Waals surface area contributed by atoms with E-state index < -0.39 is 16.1 Å². The number of ether oxygens (including phenoxy) is 2. The predicted octanol–water partition coefficient (Wildman–Crippen LogP) is 0.753. The zero-order valence-corrected chi connectivity index (χ0v) is 14.4. The molecule has 1 aliphatic heterocycles. The molecule has 132 valence electrons. The van der Waals surface area contributed by atoms with Gasteiger partial charge in [0, 0.05) is 19.1 Å². The molecule has 1 saturated heterocycles. The Morgan fingerprint density at radius 1 is 1.25 bits per heavy atom. The van der Waals surface area contributed by atoms with E-state index in [2.05, 4.69) is 5.32 Å². The largest absolute Gasteiger partial charge is 0.481 e. The standard InChI is InChI=1S/C16H22N2O5S/c1-12(16(19)17-13-2-3-13)23-14-4-6-15(7-5-14)24(20,21)18-8-10-22-11-9-18/h4-7,12-13H,2-3,8-11H2,1H3,(H,17,19)/t12-/m1/s1. The van der Waals surface area contributed by atoms with Crippen molar-refractivity contribution in [2.24, 2.45) is 0 Å². The van der Waals surface area contributed by atoms with Crippen molar-refractivity contribution in [2.75, 3.05) is 26.3 Å². The highest BCUT2D eigenvalue weighted by atomic mass is 32.2. The molecule has 1 aromatic rings. The second-order valence-electron chi connectivity index (χ2n) is 6.03. The molecule has 8 heteroatoms. The normalized spacial score (nSPS) is 20.4. The van der Waals surface area contributed by atoms with Crippen molar-refractivity contribution in [3.63, 3.8) is 0 Å². The fourth-order valence-corrected chi connectivity index (χ4v) is 3.84. The summed E-state index contributed by atoms with van der Waals surface area (Å²) in [5.41, 5.74) is 0. The Balaban J connectivity index is 1.62. The van der Waals surface area contributed by atoms with E-state index >= 15 is 0 Å². The van der Waals surface area contributed by atoms with Gasteiger partial charge in [-0.3, -0.25) is 4.79 Å². The highest BCUT2D eigenvalue weighted by Gasteiger charge is 2.27. The number of morpholine rings is 1. The van der Waals surface area contributed by atoms with Crippen LogP contribution in [0.2, 0.25) is 0 Å². The van der Waals surface area contributed by atoms with Gasteiger partial charge >= 0.3 is 0 Å². The lowest BCUT2D eigenvalue weighted by atomic mass is 10.3. The summed E-state index contributed by atoms with van der Waals surface area (Å²) >= 11 is 0. The van der Waals surface area contributed by atoms with Gasteiger partial charge in [-0.1, -0.05) is 0 Å². The third-order valence-electron chi connectivity index (χ3n) is 4.04. The summed E-state index contributed by atoms with van der Waals surface area (Å²) in [7, 11) is -3.51. The van der Waals surface area contributed by atoms with Crippen LogP contribution in [0.25, 0.3) is 0 Å². The number of rotatable bonds is 6. The number of nitrogens with one attached hydrogen (secondary N) is 1. The van der Waals surface area contributed by atoms with E-state index in [1.54, 1.807) is 19.1 Å². The molecular weight excluding hydrogens is 332 g/mol. The molecule has 3 rings (SSSR count). The van der Waals surface area contributed by atoms with Crippen LogP contribution in [0.3, 0.4) is 0 Å². The van der Waals surface area contributed by atoms with Crippen molar-refractivity contribution in [1.29, 1.82) is 0 Å². The van der Waals surface area contributed by atoms with Crippen molar-refractivity contribution in [2.45, 2.75) is 36.8 Å². The van der Waals surface area contributed by atoms with Gasteiger partial charge in [0.2, 0.25) is 10.0 Å². The third-order valence-corrected chi connectivity index (χ3v) is 5.95. The van der Waals surface area contributed by atoms with Gasteiger partial charge in [0.25, 0.3) is 5.91 Å². The number of hydrogen-bond acceptors (Lipinski definition) is 5. The zero-order valence-electron chi connectivity index (χ0n) is 13.6. The fraction of sp³-hybridized carbons (Fsp3) is 0.562. The molecule has 1 aromatic carbocycles. The molecule has 2 aliphatic rings. The lowest BCUT2D eigenvalue weighted by molar-refractivity contribution is -0.127. The number of hydrogen-bond donors (Lipinski definition) is 1. The van der Waals surface area contributed by atoms with E-state index in [9.17, 15) is 13.2 Å². The summed E-state index contributed by atoms with van der Waals surface area (Å²) in [6.45, 7) is 3.22. The Bertz CT molecular complexity index is 679. The summed E-state index contributed by atoms with van der Waals surface area (Å²) in [4.78, 5) is 12.1. The van der Waals surface area contributed by atoms with Crippen LogP contribution in [0.1, 0.15) is 19.8 Å². The maximum Gasteiger partial charge on any atom is 0.260 e. The number of sulfonamides is 1. The number of nitrogens with zero attached hydrogens (tertiary/aromatic N) is 1. The van der Waals surface area contributed by atoms with Crippen LogP contribution in [-0.4, -0.2) is 57.1 Å². The van der Waals surface area contributed by atoms with Gasteiger partial charge in [-0.25, -0.2) is 8.42 Å². The monoisotopic (exact) mass is 354 g/mol. The van der Waals surface area contributed by atoms with Crippen LogP contribution >= 0.6 is 0 Å². The first-order chi connectivity index (χ1) is 11.5. The molecule has 0 unspecified atom stereocenters. The first kappa shape index (κ1) is 17.2. The smallest absolute Gasteiger partial charge is 0.260 e. The fourth-order valence-electron chi connectivity index (χ4n) is 2.43. The molecule has 0 spiro atoms. The molecule has 7 nitrogen and oxygen atoms in total. The number of amides is 1. The first-order valence-electron chi connectivity index (χ1n) is 8.12. The third kappa shape index (κ3) is 4.06. The molecule has 0 aromatic heterocycles. The maximum absolute atomic E-state index is 12.5. The van der Waals surface area contributed by atoms with E-state index in [4.69, 9.17) is 9.47 Å². The molecule has 1 atom stereocenters. The molecule has 1 heterocycles. The van der Waals surface area contributed by atoms with E-state index in [-0.39, 0.29) is 16.8 Å². The lowest BCUT2D eigenvalue weighted by Gasteiger charge is -2.26. The molecule has 1 saturated carbocycles. The zero-order chi connectivity index (χ0) is 17.2. The Labute approximate surface area is 142 Å². The molecule has 1 N–H and O–H groups in total. The summed E-state index contributed by atoms with van der Waals surface area (Å²) < 4.78 is 37.2. The molecule has 1 aliphatic carbocycles. The lowest BCUT2D eigenvalue weighted by Crippen LogP contribution is -2.40. The molecular formula is C16H22N2O5S. The Morgan fingerprint density at radius 2 is 1.88 bits per heavy atom. The van der Waals surface area contributed by atoms with Gasteiger partial charge in [0.05, 0.1) is 18.1 Å². The first-order valence-corrected chi connectivity index (χ1v) is 9.56. The van der Waals surface area contributed by atoms with Gasteiger partial charge in [0.15, 0.2) is 6.10 Å². The van der Waals surface area contributed by atoms with Gasteiger partial charge in [-0.2, -0.15) is 4.31 Å². The highest BCUT2D eigenvalue weighted by molar-refractivity contribution is 7.89. The quantitative estimate of drug-likeness (QED) is 0.815. The number of benzene rings is 1. The minimum absolute atomic E-state index is 0.150. The number of carbonyl (C=O) groups excluding carboxylic acids is 1. The van der Waals surface area contributed by atoms with Crippen LogP contribution in [-0.2, 0) is 19.6 Å². The number of carbonyl (C=O) groups is 1. The van der Waals surface area contributed by atoms with Crippen molar-refractivity contribution in [1.82, 2.24) is 9.62 Å². The molecule has 0 radical (unpaired) electrons. The van der Waals surface area contributed by atoms with E-state index in [0.29, 0.717) is 32.1 Å². The predicted molar refractivity (Wildman–Crippen MR) is 87.3 cm³/mol. The summed E-state index contributed by atoms with van der Waals surface area (Å²) in [6, 6.07) is 6.45. The Morgan fingerprint density at radius 3 is 2.46 bits per heavy atom. The summed E-state index contributed by atoms with van der Waals surface area (Å²) in [5.74, 6) is 0.317. The van der Waals surface area contributed by atoms with Gasteiger partial charge in [0.1, 0.15) is 5.75 Å². The van der Waals surface area contributed by atoms with Crippen LogP contribution in [0.4, 0.5) is 0 Å². The average molecular weight is 354 g/mol. The molecule has 0 bridgehead atoms. The van der Waals surface area contributed by atoms with Crippen LogP contribution in [0.15, 0.2) is 29.2 Å². The highest BCUT2D eigenvalue weighted by Crippen LogP contribution is 2.22. The van der Waals surface area contributed by atoms with Crippen LogP contribution in [0.5, 0.6) is 5.75 Å². The van der Waals surface area contributed by atoms with Crippen LogP contribution < -0.4 is 10.1 Å². The van der Waals surface area contributed by atoms with Crippen molar-refractivity contribution < 1.29 is 22.7 Å². The molecule has 1 amide bonds. The summed E-state index contributed by atoms with van der Waals surface area (Å²) in [5, 5.41) is 2.87. The average Bonchev–Trinajstić information content (AvgIpc) is 3.40. The van der Waals surface area contributed by atoms with E-state index in [1.165, 1.54) is 16.4 Å². The van der Waals surface area contributed by atoms with Gasteiger partial charge in [-0.05, 0) is 44.0 Å². The van der Waals surface area contributed by atoms with Crippen LogP contribution in [0, 0.1) is 0 Å². The van der Waals surface area contributed by atoms with Crippen molar-refractivity contribution in [3.8, 4) is 5.75 Å². The van der Waals surface area contributed by atoms with Gasteiger partial charge < -0.3 is 14.8 Å². The molecule has 2 fully saturated rings. The summed E-state index contributed by atoms with van der Waals surface area (Å²) in [6.07, 6.45) is 1.42. The topological polar surface area (TPSA) is 84.9 Å². The minimum atomic E-state index is -3.51. The van der Waals surface area contributed by atoms with E-state index in [1.807, 2.05) is 0 Å². The Kier molecular flexibility index (Phi) is 5.07. The second-order valence-corrected chi connectivity index (χ2v) is 7.97. The van der Waals surface area contributed by atoms with Gasteiger partial charge in [-0.15, -0.1) is 0 Å². The SMILES string of the molecule is C[C@@H](Oc1ccc(S(=O)(=O)N2CCOCC2)cc1)C(=O)NC1CC1. The maximum atomic E-state index is 12.5. The second kappa shape index (κ2) is 7.08. The van der Waals surface area contributed by atoms with E-state index in [0.717, 1.165) is 12.8 Å². The van der Waals surface area contributed by atoms with Crippen molar-refractivity contribution >= 4 is 15.9 Å². The molecule has 24 heavy (non-hydrogen) atoms.